The highest BCUT2D eigenvalue weighted by Gasteiger charge is 2.53. The van der Waals surface area contributed by atoms with E-state index in [0.29, 0.717) is 32.2 Å². The van der Waals surface area contributed by atoms with Crippen LogP contribution in [0.5, 0.6) is 11.5 Å². The minimum Gasteiger partial charge on any atom is -0.496 e. The summed E-state index contributed by atoms with van der Waals surface area (Å²) in [5, 5.41) is 8.30. The first-order valence-electron chi connectivity index (χ1n) is 18.0. The summed E-state index contributed by atoms with van der Waals surface area (Å²) in [7, 11) is 1.38. The predicted molar refractivity (Wildman–Crippen MR) is 185 cm³/mol. The Hall–Kier alpha value is -4.18. The Morgan fingerprint density at radius 2 is 1.66 bits per heavy atom. The standard InChI is InChI=1S/C40H47FN2O7/c1-39(16-7-17-39)23-42-37(45)34-30-12-13-31(50-30)35(34)43-36(44)28-20-33(29(41)21-32(28)47-3)49-26-14-18-40(2,19-15-26)38(46)48-22-25-10-6-9-24-8-4-5-11-27(24)25/h4-6,8-11,20-21,26,30-31,34-35H,7,12-19,22-23H2,1-3H3,(H,42,45)(H,43,44)/t26?,30-,31+,34+,35-,40?/m1/s1. The Morgan fingerprint density at radius 1 is 0.920 bits per heavy atom. The van der Waals surface area contributed by atoms with Crippen molar-refractivity contribution in [3.63, 3.8) is 0 Å². The zero-order valence-corrected chi connectivity index (χ0v) is 29.1. The minimum absolute atomic E-state index is 0.0599. The molecular weight excluding hydrogens is 639 g/mol. The maximum absolute atomic E-state index is 15.3. The van der Waals surface area contributed by atoms with E-state index in [1.807, 2.05) is 49.4 Å². The van der Waals surface area contributed by atoms with Gasteiger partial charge < -0.3 is 29.6 Å². The van der Waals surface area contributed by atoms with Crippen LogP contribution in [0.4, 0.5) is 4.39 Å². The van der Waals surface area contributed by atoms with E-state index < -0.39 is 29.1 Å². The number of carbonyl (C=O) groups is 3. The van der Waals surface area contributed by atoms with Crippen LogP contribution < -0.4 is 20.1 Å². The van der Waals surface area contributed by atoms with Gasteiger partial charge >= 0.3 is 5.97 Å². The Morgan fingerprint density at radius 3 is 2.40 bits per heavy atom. The van der Waals surface area contributed by atoms with E-state index in [1.165, 1.54) is 19.6 Å². The van der Waals surface area contributed by atoms with Gasteiger partial charge in [-0.05, 0) is 86.1 Å². The van der Waals surface area contributed by atoms with Crippen molar-refractivity contribution in [2.24, 2.45) is 16.7 Å². The van der Waals surface area contributed by atoms with Crippen molar-refractivity contribution in [1.29, 1.82) is 0 Å². The molecule has 0 unspecified atom stereocenters. The number of halogens is 1. The molecule has 4 aliphatic rings. The molecule has 2 bridgehead atoms. The van der Waals surface area contributed by atoms with Crippen molar-refractivity contribution in [3.05, 3.63) is 71.5 Å². The number of esters is 1. The van der Waals surface area contributed by atoms with Crippen LogP contribution in [0.25, 0.3) is 10.8 Å². The van der Waals surface area contributed by atoms with Gasteiger partial charge in [-0.1, -0.05) is 55.8 Å². The van der Waals surface area contributed by atoms with Gasteiger partial charge in [-0.2, -0.15) is 0 Å². The maximum atomic E-state index is 15.3. The Labute approximate surface area is 292 Å². The molecule has 2 aliphatic heterocycles. The topological polar surface area (TPSA) is 112 Å². The first-order valence-corrected chi connectivity index (χ1v) is 18.0. The molecule has 3 aromatic carbocycles. The van der Waals surface area contributed by atoms with Gasteiger partial charge in [0.15, 0.2) is 11.6 Å². The molecule has 50 heavy (non-hydrogen) atoms. The molecule has 3 aromatic rings. The zero-order valence-electron chi connectivity index (χ0n) is 29.1. The zero-order chi connectivity index (χ0) is 35.0. The third-order valence-corrected chi connectivity index (χ3v) is 11.7. The van der Waals surface area contributed by atoms with Gasteiger partial charge in [-0.25, -0.2) is 4.39 Å². The summed E-state index contributed by atoms with van der Waals surface area (Å²) in [6.07, 6.45) is 6.09. The smallest absolute Gasteiger partial charge is 0.312 e. The fraction of sp³-hybridized carbons (Fsp3) is 0.525. The number of methoxy groups -OCH3 is 1. The molecule has 0 spiro atoms. The molecule has 2 N–H and O–H groups in total. The molecule has 0 radical (unpaired) electrons. The van der Waals surface area contributed by atoms with Crippen LogP contribution in [-0.4, -0.2) is 55.8 Å². The average molecular weight is 687 g/mol. The molecule has 2 heterocycles. The quantitative estimate of drug-likeness (QED) is 0.218. The number of amides is 2. The van der Waals surface area contributed by atoms with E-state index in [-0.39, 0.29) is 59.3 Å². The van der Waals surface area contributed by atoms with Crippen LogP contribution in [0.1, 0.15) is 87.6 Å². The highest BCUT2D eigenvalue weighted by atomic mass is 19.1. The summed E-state index contributed by atoms with van der Waals surface area (Å²) >= 11 is 0. The van der Waals surface area contributed by atoms with Crippen LogP contribution in [0.3, 0.4) is 0 Å². The average Bonchev–Trinajstić information content (AvgIpc) is 3.72. The molecule has 2 aliphatic carbocycles. The molecule has 2 saturated heterocycles. The van der Waals surface area contributed by atoms with Gasteiger partial charge in [0.1, 0.15) is 12.4 Å². The SMILES string of the molecule is COc1cc(F)c(OC2CCC(C)(C(=O)OCc3cccc4ccccc34)CC2)cc1C(=O)N[C@H]1[C@@H](C(=O)NCC2(C)CCC2)[C@H]2CC[C@@H]1O2. The number of carbonyl (C=O) groups excluding carboxylic acids is 3. The lowest BCUT2D eigenvalue weighted by atomic mass is 9.70. The number of benzene rings is 3. The summed E-state index contributed by atoms with van der Waals surface area (Å²) in [6, 6.07) is 16.0. The Bertz CT molecular complexity index is 1760. The summed E-state index contributed by atoms with van der Waals surface area (Å²) in [4.78, 5) is 40.4. The monoisotopic (exact) mass is 686 g/mol. The van der Waals surface area contributed by atoms with Gasteiger partial charge in [0.25, 0.3) is 5.91 Å². The fourth-order valence-corrected chi connectivity index (χ4v) is 8.24. The van der Waals surface area contributed by atoms with Crippen LogP contribution in [0.2, 0.25) is 0 Å². The van der Waals surface area contributed by atoms with E-state index in [4.69, 9.17) is 18.9 Å². The van der Waals surface area contributed by atoms with Crippen LogP contribution in [0, 0.1) is 22.6 Å². The number of hydrogen-bond donors (Lipinski definition) is 2. The lowest BCUT2D eigenvalue weighted by molar-refractivity contribution is -0.159. The van der Waals surface area contributed by atoms with Crippen LogP contribution >= 0.6 is 0 Å². The number of nitrogens with one attached hydrogen (secondary N) is 2. The second kappa shape index (κ2) is 13.9. The first kappa shape index (κ1) is 34.3. The normalized spacial score (nSPS) is 28.0. The van der Waals surface area contributed by atoms with Gasteiger partial charge in [0, 0.05) is 12.6 Å². The Balaban J connectivity index is 0.975. The lowest BCUT2D eigenvalue weighted by Crippen LogP contribution is -2.53. The van der Waals surface area contributed by atoms with Gasteiger partial charge in [-0.15, -0.1) is 0 Å². The lowest BCUT2D eigenvalue weighted by Gasteiger charge is -2.39. The number of rotatable bonds is 11. The van der Waals surface area contributed by atoms with Crippen LogP contribution in [-0.2, 0) is 25.7 Å². The number of ether oxygens (including phenoxy) is 4. The van der Waals surface area contributed by atoms with Crippen molar-refractivity contribution in [2.75, 3.05) is 13.7 Å². The third-order valence-electron chi connectivity index (χ3n) is 11.7. The minimum atomic E-state index is -0.685. The molecule has 9 nitrogen and oxygen atoms in total. The van der Waals surface area contributed by atoms with Crippen molar-refractivity contribution >= 4 is 28.6 Å². The molecule has 4 atom stereocenters. The second-order valence-corrected chi connectivity index (χ2v) is 15.3. The van der Waals surface area contributed by atoms with E-state index in [0.717, 1.165) is 48.1 Å². The summed E-state index contributed by atoms with van der Waals surface area (Å²) in [6.45, 7) is 4.89. The number of fused-ring (bicyclic) bond motifs is 3. The van der Waals surface area contributed by atoms with Gasteiger partial charge in [-0.3, -0.25) is 14.4 Å². The molecular formula is C40H47FN2O7. The predicted octanol–water partition coefficient (Wildman–Crippen LogP) is 6.64. The molecule has 10 heteroatoms. The summed E-state index contributed by atoms with van der Waals surface area (Å²) in [5.74, 6) is -1.98. The summed E-state index contributed by atoms with van der Waals surface area (Å²) < 4.78 is 38.8. The van der Waals surface area contributed by atoms with Gasteiger partial charge in [0.2, 0.25) is 5.91 Å². The molecule has 2 saturated carbocycles. The van der Waals surface area contributed by atoms with E-state index in [1.54, 1.807) is 0 Å². The first-order chi connectivity index (χ1) is 24.1. The fourth-order valence-electron chi connectivity index (χ4n) is 8.24. The second-order valence-electron chi connectivity index (χ2n) is 15.3. The molecule has 4 fully saturated rings. The van der Waals surface area contributed by atoms with Crippen molar-refractivity contribution < 1.29 is 37.7 Å². The van der Waals surface area contributed by atoms with Crippen LogP contribution in [0.15, 0.2) is 54.6 Å². The van der Waals surface area contributed by atoms with Crippen molar-refractivity contribution in [3.8, 4) is 11.5 Å². The van der Waals surface area contributed by atoms with E-state index in [9.17, 15) is 14.4 Å². The highest BCUT2D eigenvalue weighted by Crippen LogP contribution is 2.43. The molecule has 7 rings (SSSR count). The molecule has 0 aromatic heterocycles. The number of hydrogen-bond acceptors (Lipinski definition) is 7. The summed E-state index contributed by atoms with van der Waals surface area (Å²) in [5.41, 5.74) is 0.514. The third kappa shape index (κ3) is 6.78. The van der Waals surface area contributed by atoms with Crippen molar-refractivity contribution in [1.82, 2.24) is 10.6 Å². The largest absolute Gasteiger partial charge is 0.496 e. The Kier molecular flexibility index (Phi) is 9.50. The molecule has 2 amide bonds. The van der Waals surface area contributed by atoms with E-state index >= 15 is 4.39 Å². The van der Waals surface area contributed by atoms with Crippen molar-refractivity contribution in [2.45, 2.75) is 103 Å². The van der Waals surface area contributed by atoms with Gasteiger partial charge in [0.05, 0.1) is 48.4 Å². The van der Waals surface area contributed by atoms with E-state index in [2.05, 4.69) is 17.6 Å². The maximum Gasteiger partial charge on any atom is 0.312 e. The molecule has 266 valence electrons. The highest BCUT2D eigenvalue weighted by molar-refractivity contribution is 5.98.